The fourth-order valence-electron chi connectivity index (χ4n) is 1.99. The maximum atomic E-state index is 8.97. The van der Waals surface area contributed by atoms with Gasteiger partial charge in [0.1, 0.15) is 0 Å². The summed E-state index contributed by atoms with van der Waals surface area (Å²) in [4.78, 5) is 0. The van der Waals surface area contributed by atoms with E-state index in [9.17, 15) is 0 Å². The smallest absolute Gasteiger partial charge is 0.231 e. The Bertz CT molecular complexity index is 404. The lowest BCUT2D eigenvalue weighted by Gasteiger charge is -2.24. The van der Waals surface area contributed by atoms with Crippen LogP contribution in [0.3, 0.4) is 0 Å². The van der Waals surface area contributed by atoms with Crippen LogP contribution in [0.5, 0.6) is 11.5 Å². The Hall–Kier alpha value is -1.26. The predicted octanol–water partition coefficient (Wildman–Crippen LogP) is 1.91. The lowest BCUT2D eigenvalue weighted by atomic mass is 9.90. The SMILES string of the molecule is CC(C)(CCO)CNCc1ccc2c(c1)OCO2. The lowest BCUT2D eigenvalue weighted by molar-refractivity contribution is 0.174. The van der Waals surface area contributed by atoms with Gasteiger partial charge in [0.25, 0.3) is 0 Å². The van der Waals surface area contributed by atoms with E-state index in [2.05, 4.69) is 19.2 Å². The molecule has 0 bridgehead atoms. The van der Waals surface area contributed by atoms with Crippen molar-refractivity contribution in [2.45, 2.75) is 26.8 Å². The Kier molecular flexibility index (Phi) is 4.09. The molecule has 1 aromatic rings. The molecule has 0 aromatic heterocycles. The van der Waals surface area contributed by atoms with Gasteiger partial charge in [-0.15, -0.1) is 0 Å². The van der Waals surface area contributed by atoms with Crippen molar-refractivity contribution >= 4 is 0 Å². The minimum absolute atomic E-state index is 0.116. The summed E-state index contributed by atoms with van der Waals surface area (Å²) in [5.74, 6) is 1.64. The summed E-state index contributed by atoms with van der Waals surface area (Å²) < 4.78 is 10.6. The summed E-state index contributed by atoms with van der Waals surface area (Å²) in [6, 6.07) is 5.99. The molecule has 0 amide bonds. The molecule has 0 saturated heterocycles. The molecule has 1 heterocycles. The van der Waals surface area contributed by atoms with E-state index in [1.54, 1.807) is 0 Å². The molecule has 0 aliphatic carbocycles. The van der Waals surface area contributed by atoms with Gasteiger partial charge in [-0.25, -0.2) is 0 Å². The Balaban J connectivity index is 1.84. The highest BCUT2D eigenvalue weighted by Crippen LogP contribution is 2.32. The molecular weight excluding hydrogens is 230 g/mol. The van der Waals surface area contributed by atoms with Crippen LogP contribution in [0.2, 0.25) is 0 Å². The molecule has 2 N–H and O–H groups in total. The van der Waals surface area contributed by atoms with Crippen LogP contribution in [-0.4, -0.2) is 25.1 Å². The summed E-state index contributed by atoms with van der Waals surface area (Å²) in [6.07, 6.45) is 0.807. The molecule has 0 radical (unpaired) electrons. The Labute approximate surface area is 108 Å². The molecule has 0 saturated carbocycles. The highest BCUT2D eigenvalue weighted by Gasteiger charge is 2.17. The van der Waals surface area contributed by atoms with Gasteiger partial charge in [0.2, 0.25) is 6.79 Å². The number of benzene rings is 1. The molecule has 18 heavy (non-hydrogen) atoms. The Morgan fingerprint density at radius 1 is 1.28 bits per heavy atom. The molecule has 0 spiro atoms. The topological polar surface area (TPSA) is 50.7 Å². The molecule has 4 nitrogen and oxygen atoms in total. The van der Waals surface area contributed by atoms with Crippen LogP contribution in [0.4, 0.5) is 0 Å². The van der Waals surface area contributed by atoms with Crippen LogP contribution in [0.15, 0.2) is 18.2 Å². The molecule has 0 atom stereocenters. The number of ether oxygens (including phenoxy) is 2. The van der Waals surface area contributed by atoms with Gasteiger partial charge in [0.05, 0.1) is 0 Å². The molecular formula is C14H21NO3. The van der Waals surface area contributed by atoms with Gasteiger partial charge in [-0.3, -0.25) is 0 Å². The van der Waals surface area contributed by atoms with E-state index >= 15 is 0 Å². The normalized spacial score (nSPS) is 13.9. The average molecular weight is 251 g/mol. The number of hydrogen-bond donors (Lipinski definition) is 2. The van der Waals surface area contributed by atoms with Crippen molar-refractivity contribution in [2.24, 2.45) is 5.41 Å². The van der Waals surface area contributed by atoms with E-state index in [0.717, 1.165) is 31.0 Å². The third-order valence-corrected chi connectivity index (χ3v) is 3.16. The van der Waals surface area contributed by atoms with E-state index in [4.69, 9.17) is 14.6 Å². The van der Waals surface area contributed by atoms with Gasteiger partial charge < -0.3 is 19.9 Å². The van der Waals surface area contributed by atoms with Crippen LogP contribution in [0.25, 0.3) is 0 Å². The second-order valence-corrected chi connectivity index (χ2v) is 5.43. The third-order valence-electron chi connectivity index (χ3n) is 3.16. The molecule has 1 aliphatic heterocycles. The molecule has 2 rings (SSSR count). The fraction of sp³-hybridized carbons (Fsp3) is 0.571. The maximum Gasteiger partial charge on any atom is 0.231 e. The van der Waals surface area contributed by atoms with Crippen LogP contribution in [0.1, 0.15) is 25.8 Å². The quantitative estimate of drug-likeness (QED) is 0.811. The number of rotatable bonds is 6. The van der Waals surface area contributed by atoms with Crippen LogP contribution in [-0.2, 0) is 6.54 Å². The predicted molar refractivity (Wildman–Crippen MR) is 69.8 cm³/mol. The monoisotopic (exact) mass is 251 g/mol. The van der Waals surface area contributed by atoms with Crippen LogP contribution < -0.4 is 14.8 Å². The summed E-state index contributed by atoms with van der Waals surface area (Å²) in [7, 11) is 0. The first kappa shape index (κ1) is 13.2. The van der Waals surface area contributed by atoms with E-state index in [1.807, 2.05) is 18.2 Å². The van der Waals surface area contributed by atoms with Crippen molar-refractivity contribution < 1.29 is 14.6 Å². The van der Waals surface area contributed by atoms with Crippen molar-refractivity contribution in [1.29, 1.82) is 0 Å². The van der Waals surface area contributed by atoms with E-state index in [1.165, 1.54) is 5.56 Å². The molecule has 4 heteroatoms. The van der Waals surface area contributed by atoms with Gasteiger partial charge in [-0.05, 0) is 29.5 Å². The number of nitrogens with one attached hydrogen (secondary N) is 1. The fourth-order valence-corrected chi connectivity index (χ4v) is 1.99. The second kappa shape index (κ2) is 5.59. The third kappa shape index (κ3) is 3.37. The minimum atomic E-state index is 0.116. The highest BCUT2D eigenvalue weighted by molar-refractivity contribution is 5.44. The summed E-state index contributed by atoms with van der Waals surface area (Å²) in [5.41, 5.74) is 1.30. The minimum Gasteiger partial charge on any atom is -0.454 e. The van der Waals surface area contributed by atoms with Crippen LogP contribution >= 0.6 is 0 Å². The standard InChI is InChI=1S/C14H21NO3/c1-14(2,5-6-16)9-15-8-11-3-4-12-13(7-11)18-10-17-12/h3-4,7,15-16H,5-6,8-10H2,1-2H3. The first-order valence-corrected chi connectivity index (χ1v) is 6.31. The lowest BCUT2D eigenvalue weighted by Crippen LogP contribution is -2.29. The second-order valence-electron chi connectivity index (χ2n) is 5.43. The average Bonchev–Trinajstić information content (AvgIpc) is 2.75. The van der Waals surface area contributed by atoms with Crippen LogP contribution in [0, 0.1) is 5.41 Å². The zero-order valence-corrected chi connectivity index (χ0v) is 11.0. The summed E-state index contributed by atoms with van der Waals surface area (Å²) in [5, 5.41) is 12.4. The first-order valence-electron chi connectivity index (χ1n) is 6.31. The zero-order valence-electron chi connectivity index (χ0n) is 11.0. The van der Waals surface area contributed by atoms with E-state index < -0.39 is 0 Å². The van der Waals surface area contributed by atoms with Crippen molar-refractivity contribution in [3.05, 3.63) is 23.8 Å². The zero-order chi connectivity index (χ0) is 13.0. The number of aliphatic hydroxyl groups excluding tert-OH is 1. The summed E-state index contributed by atoms with van der Waals surface area (Å²) in [6.45, 7) is 6.52. The van der Waals surface area contributed by atoms with Crippen molar-refractivity contribution in [3.63, 3.8) is 0 Å². The number of hydrogen-bond acceptors (Lipinski definition) is 4. The van der Waals surface area contributed by atoms with Gasteiger partial charge in [-0.1, -0.05) is 19.9 Å². The molecule has 100 valence electrons. The molecule has 0 unspecified atom stereocenters. The van der Waals surface area contributed by atoms with Gasteiger partial charge in [0, 0.05) is 19.7 Å². The number of fused-ring (bicyclic) bond motifs is 1. The highest BCUT2D eigenvalue weighted by atomic mass is 16.7. The summed E-state index contributed by atoms with van der Waals surface area (Å²) >= 11 is 0. The van der Waals surface area contributed by atoms with Gasteiger partial charge in [0.15, 0.2) is 11.5 Å². The largest absolute Gasteiger partial charge is 0.454 e. The maximum absolute atomic E-state index is 8.97. The van der Waals surface area contributed by atoms with Crippen molar-refractivity contribution in [3.8, 4) is 11.5 Å². The van der Waals surface area contributed by atoms with Crippen molar-refractivity contribution in [1.82, 2.24) is 5.32 Å². The van der Waals surface area contributed by atoms with Gasteiger partial charge >= 0.3 is 0 Å². The van der Waals surface area contributed by atoms with Crippen molar-refractivity contribution in [2.75, 3.05) is 19.9 Å². The molecule has 1 aromatic carbocycles. The molecule has 1 aliphatic rings. The molecule has 0 fully saturated rings. The van der Waals surface area contributed by atoms with E-state index in [-0.39, 0.29) is 12.0 Å². The van der Waals surface area contributed by atoms with Gasteiger partial charge in [-0.2, -0.15) is 0 Å². The Morgan fingerprint density at radius 2 is 2.06 bits per heavy atom. The first-order chi connectivity index (χ1) is 8.61. The Morgan fingerprint density at radius 3 is 2.83 bits per heavy atom. The number of aliphatic hydroxyl groups is 1. The van der Waals surface area contributed by atoms with E-state index in [0.29, 0.717) is 6.79 Å².